The van der Waals surface area contributed by atoms with Crippen LogP contribution in [0.2, 0.25) is 0 Å². The van der Waals surface area contributed by atoms with Crippen molar-refractivity contribution >= 4 is 27.8 Å². The van der Waals surface area contributed by atoms with E-state index < -0.39 is 0 Å². The topological polar surface area (TPSA) is 67.6 Å². The first-order valence-corrected chi connectivity index (χ1v) is 4.75. The average molecular weight is 198 g/mol. The van der Waals surface area contributed by atoms with Crippen LogP contribution in [-0.4, -0.2) is 15.0 Å². The van der Waals surface area contributed by atoms with E-state index in [0.717, 1.165) is 21.9 Å². The van der Waals surface area contributed by atoms with Gasteiger partial charge in [0.05, 0.1) is 5.39 Å². The first-order valence-electron chi connectivity index (χ1n) is 4.75. The van der Waals surface area contributed by atoms with Crippen molar-refractivity contribution in [3.8, 4) is 0 Å². The number of nitrogen functional groups attached to an aromatic ring is 1. The molecular weight excluding hydrogens is 188 g/mol. The van der Waals surface area contributed by atoms with Gasteiger partial charge in [0.1, 0.15) is 17.8 Å². The van der Waals surface area contributed by atoms with E-state index in [1.54, 1.807) is 0 Å². The lowest BCUT2D eigenvalue weighted by molar-refractivity contribution is 1.21. The zero-order valence-electron chi connectivity index (χ0n) is 8.28. The first kappa shape index (κ1) is 8.23. The number of H-pyrrole nitrogens is 1. The lowest BCUT2D eigenvalue weighted by Crippen LogP contribution is -1.91. The van der Waals surface area contributed by atoms with Crippen LogP contribution in [0.15, 0.2) is 24.5 Å². The minimum Gasteiger partial charge on any atom is -0.383 e. The molecule has 0 atom stereocenters. The summed E-state index contributed by atoms with van der Waals surface area (Å²) in [5, 5.41) is 2.04. The van der Waals surface area contributed by atoms with Gasteiger partial charge in [-0.15, -0.1) is 0 Å². The molecule has 0 fully saturated rings. The van der Waals surface area contributed by atoms with Crippen LogP contribution in [0.5, 0.6) is 0 Å². The van der Waals surface area contributed by atoms with Crippen LogP contribution in [0.4, 0.5) is 5.82 Å². The quantitative estimate of drug-likeness (QED) is 0.580. The normalized spacial score (nSPS) is 11.3. The van der Waals surface area contributed by atoms with Crippen LogP contribution < -0.4 is 5.73 Å². The summed E-state index contributed by atoms with van der Waals surface area (Å²) in [6.07, 6.45) is 1.47. The van der Waals surface area contributed by atoms with Gasteiger partial charge in [-0.3, -0.25) is 0 Å². The molecule has 0 radical (unpaired) electrons. The molecule has 2 heterocycles. The fourth-order valence-corrected chi connectivity index (χ4v) is 1.97. The number of aromatic nitrogens is 3. The number of aromatic amines is 1. The number of nitrogens with one attached hydrogen (secondary N) is 1. The van der Waals surface area contributed by atoms with Gasteiger partial charge in [-0.2, -0.15) is 0 Å². The zero-order chi connectivity index (χ0) is 10.4. The third-order valence-electron chi connectivity index (χ3n) is 2.65. The number of fused-ring (bicyclic) bond motifs is 3. The Balaban J connectivity index is 2.67. The number of rotatable bonds is 0. The van der Waals surface area contributed by atoms with Crippen molar-refractivity contribution in [2.75, 3.05) is 5.73 Å². The molecule has 0 bridgehead atoms. The molecule has 0 saturated carbocycles. The second kappa shape index (κ2) is 2.70. The molecule has 0 aliphatic rings. The standard InChI is InChI=1S/C11H10N4/c1-6-3-2-4-7-8(6)9-10(12)13-5-14-11(9)15-7/h2-5H,1H3,(H3,12,13,14,15). The molecular formula is C11H10N4. The molecule has 0 amide bonds. The van der Waals surface area contributed by atoms with E-state index >= 15 is 0 Å². The minimum absolute atomic E-state index is 0.528. The summed E-state index contributed by atoms with van der Waals surface area (Å²) in [6, 6.07) is 6.09. The van der Waals surface area contributed by atoms with Gasteiger partial charge in [-0.1, -0.05) is 12.1 Å². The monoisotopic (exact) mass is 198 g/mol. The summed E-state index contributed by atoms with van der Waals surface area (Å²) < 4.78 is 0. The molecule has 2 aromatic heterocycles. The Labute approximate surface area is 86.1 Å². The molecule has 3 aromatic rings. The highest BCUT2D eigenvalue weighted by Crippen LogP contribution is 2.29. The van der Waals surface area contributed by atoms with Gasteiger partial charge in [0.2, 0.25) is 0 Å². The number of aryl methyl sites for hydroxylation is 1. The summed E-state index contributed by atoms with van der Waals surface area (Å²) in [7, 11) is 0. The molecule has 3 N–H and O–H groups in total. The van der Waals surface area contributed by atoms with Crippen molar-refractivity contribution in [2.24, 2.45) is 0 Å². The number of hydrogen-bond acceptors (Lipinski definition) is 3. The van der Waals surface area contributed by atoms with Gasteiger partial charge in [-0.05, 0) is 18.6 Å². The Morgan fingerprint density at radius 1 is 1.20 bits per heavy atom. The van der Waals surface area contributed by atoms with E-state index in [9.17, 15) is 0 Å². The second-order valence-corrected chi connectivity index (χ2v) is 3.60. The predicted octanol–water partition coefficient (Wildman–Crippen LogP) is 2.00. The van der Waals surface area contributed by atoms with E-state index in [1.165, 1.54) is 11.9 Å². The van der Waals surface area contributed by atoms with E-state index in [-0.39, 0.29) is 0 Å². The predicted molar refractivity (Wildman–Crippen MR) is 60.5 cm³/mol. The number of anilines is 1. The number of benzene rings is 1. The number of nitrogens with two attached hydrogens (primary N) is 1. The van der Waals surface area contributed by atoms with Gasteiger partial charge in [0.15, 0.2) is 0 Å². The molecule has 3 rings (SSSR count). The Morgan fingerprint density at radius 2 is 2.07 bits per heavy atom. The molecule has 0 unspecified atom stereocenters. The lowest BCUT2D eigenvalue weighted by atomic mass is 10.1. The Bertz CT molecular complexity index is 598. The van der Waals surface area contributed by atoms with Gasteiger partial charge in [0.25, 0.3) is 0 Å². The fourth-order valence-electron chi connectivity index (χ4n) is 1.97. The molecule has 15 heavy (non-hydrogen) atoms. The SMILES string of the molecule is Cc1cccc2[nH]c3ncnc(N)c3c12. The van der Waals surface area contributed by atoms with Crippen molar-refractivity contribution < 1.29 is 0 Å². The molecule has 0 saturated heterocycles. The van der Waals surface area contributed by atoms with Crippen molar-refractivity contribution in [2.45, 2.75) is 6.92 Å². The van der Waals surface area contributed by atoms with E-state index in [1.807, 2.05) is 12.1 Å². The summed E-state index contributed by atoms with van der Waals surface area (Å²) in [5.74, 6) is 0.528. The molecule has 0 aliphatic heterocycles. The highest BCUT2D eigenvalue weighted by Gasteiger charge is 2.09. The average Bonchev–Trinajstić information content (AvgIpc) is 2.58. The second-order valence-electron chi connectivity index (χ2n) is 3.60. The maximum absolute atomic E-state index is 5.86. The Morgan fingerprint density at radius 3 is 2.93 bits per heavy atom. The van der Waals surface area contributed by atoms with Gasteiger partial charge in [0, 0.05) is 10.9 Å². The molecule has 4 heteroatoms. The Kier molecular flexibility index (Phi) is 1.48. The van der Waals surface area contributed by atoms with E-state index in [2.05, 4.69) is 27.9 Å². The summed E-state index contributed by atoms with van der Waals surface area (Å²) in [4.78, 5) is 11.4. The molecule has 74 valence electrons. The molecule has 4 nitrogen and oxygen atoms in total. The van der Waals surface area contributed by atoms with Crippen LogP contribution in [0.3, 0.4) is 0 Å². The largest absolute Gasteiger partial charge is 0.383 e. The van der Waals surface area contributed by atoms with Crippen LogP contribution in [0.1, 0.15) is 5.56 Å². The highest BCUT2D eigenvalue weighted by atomic mass is 15.0. The zero-order valence-corrected chi connectivity index (χ0v) is 8.28. The Hall–Kier alpha value is -2.10. The van der Waals surface area contributed by atoms with Crippen molar-refractivity contribution in [3.05, 3.63) is 30.1 Å². The van der Waals surface area contributed by atoms with Crippen molar-refractivity contribution in [1.82, 2.24) is 15.0 Å². The van der Waals surface area contributed by atoms with Crippen LogP contribution in [0, 0.1) is 6.92 Å². The molecule has 1 aromatic carbocycles. The fraction of sp³-hybridized carbons (Fsp3) is 0.0909. The molecule has 0 spiro atoms. The summed E-state index contributed by atoms with van der Waals surface area (Å²) in [5.41, 5.74) is 8.90. The van der Waals surface area contributed by atoms with Gasteiger partial charge in [-0.25, -0.2) is 9.97 Å². The molecule has 0 aliphatic carbocycles. The van der Waals surface area contributed by atoms with Crippen molar-refractivity contribution in [3.63, 3.8) is 0 Å². The first-order chi connectivity index (χ1) is 7.27. The number of hydrogen-bond donors (Lipinski definition) is 2. The van der Waals surface area contributed by atoms with E-state index in [0.29, 0.717) is 5.82 Å². The van der Waals surface area contributed by atoms with Crippen LogP contribution >= 0.6 is 0 Å². The maximum atomic E-state index is 5.86. The van der Waals surface area contributed by atoms with Crippen LogP contribution in [0.25, 0.3) is 21.9 Å². The minimum atomic E-state index is 0.528. The summed E-state index contributed by atoms with van der Waals surface area (Å²) >= 11 is 0. The van der Waals surface area contributed by atoms with Gasteiger partial charge < -0.3 is 10.7 Å². The third kappa shape index (κ3) is 1.01. The number of nitrogens with zero attached hydrogens (tertiary/aromatic N) is 2. The highest BCUT2D eigenvalue weighted by molar-refractivity contribution is 6.11. The third-order valence-corrected chi connectivity index (χ3v) is 2.65. The smallest absolute Gasteiger partial charge is 0.143 e. The van der Waals surface area contributed by atoms with Crippen LogP contribution in [-0.2, 0) is 0 Å². The van der Waals surface area contributed by atoms with E-state index in [4.69, 9.17) is 5.73 Å². The van der Waals surface area contributed by atoms with Crippen molar-refractivity contribution in [1.29, 1.82) is 0 Å². The van der Waals surface area contributed by atoms with Gasteiger partial charge >= 0.3 is 0 Å². The maximum Gasteiger partial charge on any atom is 0.143 e. The lowest BCUT2D eigenvalue weighted by Gasteiger charge is -1.97. The summed E-state index contributed by atoms with van der Waals surface area (Å²) in [6.45, 7) is 2.06.